The third-order valence-electron chi connectivity index (χ3n) is 4.30. The lowest BCUT2D eigenvalue weighted by Gasteiger charge is -2.13. The van der Waals surface area contributed by atoms with Crippen LogP contribution in [0.25, 0.3) is 5.70 Å². The van der Waals surface area contributed by atoms with Crippen LogP contribution in [-0.4, -0.2) is 26.5 Å². The third kappa shape index (κ3) is 5.34. The van der Waals surface area contributed by atoms with E-state index >= 15 is 0 Å². The summed E-state index contributed by atoms with van der Waals surface area (Å²) >= 11 is 0. The first-order valence-corrected chi connectivity index (χ1v) is 10.6. The summed E-state index contributed by atoms with van der Waals surface area (Å²) in [6.07, 6.45) is 0. The molecule has 0 spiro atoms. The van der Waals surface area contributed by atoms with E-state index in [2.05, 4.69) is 22.2 Å². The first kappa shape index (κ1) is 21.7. The Bertz CT molecular complexity index is 1210. The summed E-state index contributed by atoms with van der Waals surface area (Å²) in [5.74, 6) is 0.0320. The molecule has 0 bridgehead atoms. The fraction of sp³-hybridized carbons (Fsp3) is 0.0455. The number of para-hydroxylation sites is 1. The molecule has 31 heavy (non-hydrogen) atoms. The molecule has 3 rings (SSSR count). The Morgan fingerprint density at radius 3 is 2.35 bits per heavy atom. The van der Waals surface area contributed by atoms with Crippen molar-refractivity contribution in [2.45, 2.75) is 4.90 Å². The predicted molar refractivity (Wildman–Crippen MR) is 118 cm³/mol. The van der Waals surface area contributed by atoms with Crippen LogP contribution in [0.2, 0.25) is 0 Å². The van der Waals surface area contributed by atoms with Crippen LogP contribution in [0.1, 0.15) is 15.9 Å². The lowest BCUT2D eigenvalue weighted by atomic mass is 10.1. The summed E-state index contributed by atoms with van der Waals surface area (Å²) in [7, 11) is -2.39. The normalized spacial score (nSPS) is 10.7. The second-order valence-electron chi connectivity index (χ2n) is 6.44. The maximum atomic E-state index is 12.7. The third-order valence-corrected chi connectivity index (χ3v) is 5.68. The highest BCUT2D eigenvalue weighted by molar-refractivity contribution is 7.92. The van der Waals surface area contributed by atoms with Crippen LogP contribution in [0.4, 0.5) is 5.69 Å². The average molecular weight is 439 g/mol. The molecule has 0 atom stereocenters. The van der Waals surface area contributed by atoms with Crippen LogP contribution in [0.3, 0.4) is 0 Å². The molecule has 8 nitrogen and oxygen atoms in total. The van der Waals surface area contributed by atoms with Crippen molar-refractivity contribution in [2.75, 3.05) is 11.8 Å². The fourth-order valence-corrected chi connectivity index (χ4v) is 3.78. The lowest BCUT2D eigenvalue weighted by molar-refractivity contribution is 0.0942. The summed E-state index contributed by atoms with van der Waals surface area (Å²) in [6, 6.07) is 18.5. The molecule has 9 heteroatoms. The zero-order chi connectivity index (χ0) is 22.4. The number of hydrogen-bond donors (Lipinski definition) is 4. The van der Waals surface area contributed by atoms with Gasteiger partial charge in [0.1, 0.15) is 11.5 Å². The van der Waals surface area contributed by atoms with Crippen LogP contribution < -0.4 is 20.3 Å². The number of carbonyl (C=O) groups is 1. The van der Waals surface area contributed by atoms with Gasteiger partial charge in [0.15, 0.2) is 0 Å². The Kier molecular flexibility index (Phi) is 6.46. The molecule has 0 radical (unpaired) electrons. The van der Waals surface area contributed by atoms with E-state index in [0.29, 0.717) is 17.0 Å². The molecule has 0 saturated heterocycles. The maximum absolute atomic E-state index is 12.7. The van der Waals surface area contributed by atoms with E-state index < -0.39 is 15.9 Å². The number of nitrogens with one attached hydrogen (secondary N) is 3. The molecule has 160 valence electrons. The second kappa shape index (κ2) is 9.23. The number of hydrazine groups is 1. The van der Waals surface area contributed by atoms with Gasteiger partial charge in [0, 0.05) is 16.8 Å². The number of carbonyl (C=O) groups excluding carboxylic acids is 1. The van der Waals surface area contributed by atoms with E-state index in [-0.39, 0.29) is 21.9 Å². The van der Waals surface area contributed by atoms with Gasteiger partial charge in [-0.1, -0.05) is 24.8 Å². The van der Waals surface area contributed by atoms with Crippen LogP contribution in [0, 0.1) is 0 Å². The fourth-order valence-electron chi connectivity index (χ4n) is 2.68. The summed E-state index contributed by atoms with van der Waals surface area (Å²) in [6.45, 7) is 3.77. The number of phenolic OH excluding ortho intramolecular Hbond substituents is 1. The number of phenols is 1. The van der Waals surface area contributed by atoms with Crippen LogP contribution >= 0.6 is 0 Å². The van der Waals surface area contributed by atoms with Crippen molar-refractivity contribution in [3.8, 4) is 11.5 Å². The number of hydrogen-bond acceptors (Lipinski definition) is 6. The van der Waals surface area contributed by atoms with Gasteiger partial charge in [0.05, 0.1) is 17.7 Å². The molecule has 3 aromatic rings. The summed E-state index contributed by atoms with van der Waals surface area (Å²) in [5, 5.41) is 9.85. The van der Waals surface area contributed by atoms with Gasteiger partial charge in [0.25, 0.3) is 15.9 Å². The molecule has 0 aliphatic carbocycles. The van der Waals surface area contributed by atoms with E-state index in [1.54, 1.807) is 42.5 Å². The van der Waals surface area contributed by atoms with Crippen LogP contribution in [0.5, 0.6) is 11.5 Å². The Hall–Kier alpha value is -3.98. The summed E-state index contributed by atoms with van der Waals surface area (Å²) in [4.78, 5) is 12.4. The molecule has 4 N–H and O–H groups in total. The van der Waals surface area contributed by atoms with Crippen LogP contribution in [-0.2, 0) is 10.0 Å². The first-order valence-electron chi connectivity index (χ1n) is 9.11. The zero-order valence-electron chi connectivity index (χ0n) is 16.6. The standard InChI is InChI=1S/C22H21N3O5S/c1-15(20-8-3-4-9-21(20)26)23-24-22(27)16-6-5-7-19(14-16)31(28,29)25-17-10-12-18(30-2)13-11-17/h3-14,23,25-26H,1H2,2H3,(H,24,27). The molecule has 0 fully saturated rings. The van der Waals surface area contributed by atoms with E-state index in [0.717, 1.165) is 0 Å². The Morgan fingerprint density at radius 1 is 0.968 bits per heavy atom. The van der Waals surface area contributed by atoms with E-state index in [4.69, 9.17) is 4.74 Å². The van der Waals surface area contributed by atoms with Gasteiger partial charge in [-0.25, -0.2) is 8.42 Å². The second-order valence-corrected chi connectivity index (χ2v) is 8.12. The zero-order valence-corrected chi connectivity index (χ0v) is 17.4. The SMILES string of the molecule is C=C(NNC(=O)c1cccc(S(=O)(=O)Nc2ccc(OC)cc2)c1)c1ccccc1O. The molecule has 0 aliphatic rings. The molecule has 0 aliphatic heterocycles. The molecular formula is C22H21N3O5S. The Morgan fingerprint density at radius 2 is 1.68 bits per heavy atom. The Balaban J connectivity index is 1.70. The number of aromatic hydroxyl groups is 1. The predicted octanol–water partition coefficient (Wildman–Crippen LogP) is 3.11. The number of rotatable bonds is 8. The van der Waals surface area contributed by atoms with Gasteiger partial charge in [0.2, 0.25) is 0 Å². The number of methoxy groups -OCH3 is 1. The van der Waals surface area contributed by atoms with Gasteiger partial charge in [-0.05, 0) is 54.6 Å². The van der Waals surface area contributed by atoms with Crippen LogP contribution in [0.15, 0.2) is 84.3 Å². The van der Waals surface area contributed by atoms with Gasteiger partial charge in [-0.2, -0.15) is 0 Å². The summed E-state index contributed by atoms with van der Waals surface area (Å²) < 4.78 is 32.9. The minimum Gasteiger partial charge on any atom is -0.507 e. The van der Waals surface area contributed by atoms with Gasteiger partial charge in [-0.3, -0.25) is 20.4 Å². The highest BCUT2D eigenvalue weighted by Crippen LogP contribution is 2.22. The van der Waals surface area contributed by atoms with Crippen molar-refractivity contribution in [3.05, 3.63) is 90.5 Å². The first-order chi connectivity index (χ1) is 14.8. The lowest BCUT2D eigenvalue weighted by Crippen LogP contribution is -2.36. The monoisotopic (exact) mass is 439 g/mol. The van der Waals surface area contributed by atoms with Gasteiger partial charge >= 0.3 is 0 Å². The number of sulfonamides is 1. The van der Waals surface area contributed by atoms with Crippen molar-refractivity contribution in [2.24, 2.45) is 0 Å². The van der Waals surface area contributed by atoms with E-state index in [1.807, 2.05) is 0 Å². The number of ether oxygens (including phenoxy) is 1. The highest BCUT2D eigenvalue weighted by Gasteiger charge is 2.17. The minimum atomic E-state index is -3.91. The van der Waals surface area contributed by atoms with Crippen molar-refractivity contribution in [1.82, 2.24) is 10.9 Å². The molecule has 0 unspecified atom stereocenters. The summed E-state index contributed by atoms with van der Waals surface area (Å²) in [5.41, 5.74) is 6.22. The quantitative estimate of drug-likeness (QED) is 0.401. The van der Waals surface area contributed by atoms with Gasteiger partial charge < -0.3 is 9.84 Å². The van der Waals surface area contributed by atoms with Gasteiger partial charge in [-0.15, -0.1) is 0 Å². The molecule has 0 saturated carbocycles. The highest BCUT2D eigenvalue weighted by atomic mass is 32.2. The molecule has 3 aromatic carbocycles. The van der Waals surface area contributed by atoms with Crippen molar-refractivity contribution < 1.29 is 23.1 Å². The Labute approximate surface area is 180 Å². The molecule has 1 amide bonds. The number of benzene rings is 3. The van der Waals surface area contributed by atoms with Crippen molar-refractivity contribution in [1.29, 1.82) is 0 Å². The largest absolute Gasteiger partial charge is 0.507 e. The number of anilines is 1. The maximum Gasteiger partial charge on any atom is 0.269 e. The van der Waals surface area contributed by atoms with E-state index in [1.165, 1.54) is 37.4 Å². The topological polar surface area (TPSA) is 117 Å². The minimum absolute atomic E-state index is 0.00643. The van der Waals surface area contributed by atoms with Crippen molar-refractivity contribution >= 4 is 27.3 Å². The molecule has 0 heterocycles. The van der Waals surface area contributed by atoms with E-state index in [9.17, 15) is 18.3 Å². The average Bonchev–Trinajstić information content (AvgIpc) is 2.78. The molecular weight excluding hydrogens is 418 g/mol. The number of amides is 1. The molecule has 0 aromatic heterocycles. The van der Waals surface area contributed by atoms with Crippen molar-refractivity contribution in [3.63, 3.8) is 0 Å². The smallest absolute Gasteiger partial charge is 0.269 e.